The Bertz CT molecular complexity index is 696. The first-order valence-corrected chi connectivity index (χ1v) is 6.55. The second-order valence-electron chi connectivity index (χ2n) is 4.50. The molecule has 0 fully saturated rings. The zero-order valence-electron chi connectivity index (χ0n) is 12.0. The van der Waals surface area contributed by atoms with Gasteiger partial charge in [0.2, 0.25) is 5.76 Å². The predicted octanol–water partition coefficient (Wildman–Crippen LogP) is 3.00. The maximum absolute atomic E-state index is 11.6. The molecule has 2 aromatic carbocycles. The lowest BCUT2D eigenvalue weighted by Gasteiger charge is -2.07. The average molecular weight is 284 g/mol. The molecule has 0 spiro atoms. The Labute approximate surface area is 123 Å². The molecule has 108 valence electrons. The third-order valence-corrected chi connectivity index (χ3v) is 3.03. The van der Waals surface area contributed by atoms with Gasteiger partial charge in [-0.25, -0.2) is 4.79 Å². The number of methoxy groups -OCH3 is 1. The van der Waals surface area contributed by atoms with E-state index in [0.717, 1.165) is 16.3 Å². The summed E-state index contributed by atoms with van der Waals surface area (Å²) in [5, 5.41) is 2.22. The van der Waals surface area contributed by atoms with E-state index in [4.69, 9.17) is 4.74 Å². The molecule has 0 aliphatic rings. The van der Waals surface area contributed by atoms with Crippen LogP contribution in [0.1, 0.15) is 12.5 Å². The zero-order chi connectivity index (χ0) is 15.2. The standard InChI is InChI=1S/C17H16O4/c1-12(18)21-16(17(19)20-2)11-10-14-8-5-7-13-6-3-4-9-15(13)14/h3-9,11H,10H2,1-2H3. The highest BCUT2D eigenvalue weighted by Gasteiger charge is 2.13. The van der Waals surface area contributed by atoms with Crippen molar-refractivity contribution in [2.45, 2.75) is 13.3 Å². The van der Waals surface area contributed by atoms with Gasteiger partial charge in [-0.2, -0.15) is 0 Å². The first kappa shape index (κ1) is 14.8. The van der Waals surface area contributed by atoms with Crippen LogP contribution in [0.3, 0.4) is 0 Å². The Balaban J connectivity index is 2.31. The van der Waals surface area contributed by atoms with E-state index in [0.29, 0.717) is 6.42 Å². The molecule has 0 N–H and O–H groups in total. The maximum Gasteiger partial charge on any atom is 0.373 e. The average Bonchev–Trinajstić information content (AvgIpc) is 2.50. The molecule has 0 saturated carbocycles. The van der Waals surface area contributed by atoms with E-state index in [-0.39, 0.29) is 5.76 Å². The molecule has 0 aliphatic carbocycles. The molecule has 4 heteroatoms. The fourth-order valence-corrected chi connectivity index (χ4v) is 2.10. The minimum absolute atomic E-state index is 0.0852. The van der Waals surface area contributed by atoms with Crippen molar-refractivity contribution in [1.29, 1.82) is 0 Å². The second kappa shape index (κ2) is 6.70. The highest BCUT2D eigenvalue weighted by Crippen LogP contribution is 2.19. The first-order valence-electron chi connectivity index (χ1n) is 6.55. The van der Waals surface area contributed by atoms with Crippen molar-refractivity contribution in [2.75, 3.05) is 7.11 Å². The van der Waals surface area contributed by atoms with Gasteiger partial charge < -0.3 is 9.47 Å². The predicted molar refractivity (Wildman–Crippen MR) is 79.5 cm³/mol. The van der Waals surface area contributed by atoms with Crippen LogP contribution in [0.2, 0.25) is 0 Å². The zero-order valence-corrected chi connectivity index (χ0v) is 12.0. The number of ether oxygens (including phenoxy) is 2. The van der Waals surface area contributed by atoms with Gasteiger partial charge in [0, 0.05) is 6.92 Å². The molecule has 0 aliphatic heterocycles. The van der Waals surface area contributed by atoms with Gasteiger partial charge in [0.15, 0.2) is 0 Å². The number of fused-ring (bicyclic) bond motifs is 1. The highest BCUT2D eigenvalue weighted by atomic mass is 16.6. The number of rotatable bonds is 4. The number of hydrogen-bond acceptors (Lipinski definition) is 4. The summed E-state index contributed by atoms with van der Waals surface area (Å²) < 4.78 is 9.49. The van der Waals surface area contributed by atoms with Gasteiger partial charge >= 0.3 is 11.9 Å². The minimum Gasteiger partial charge on any atom is -0.463 e. The van der Waals surface area contributed by atoms with Crippen LogP contribution in [0.5, 0.6) is 0 Å². The van der Waals surface area contributed by atoms with Crippen molar-refractivity contribution in [3.63, 3.8) is 0 Å². The van der Waals surface area contributed by atoms with Gasteiger partial charge in [-0.3, -0.25) is 4.79 Å². The van der Waals surface area contributed by atoms with E-state index in [1.165, 1.54) is 14.0 Å². The number of esters is 2. The van der Waals surface area contributed by atoms with Crippen molar-refractivity contribution in [2.24, 2.45) is 0 Å². The normalized spacial score (nSPS) is 11.2. The molecule has 0 saturated heterocycles. The molecular formula is C17H16O4. The summed E-state index contributed by atoms with van der Waals surface area (Å²) in [6.45, 7) is 1.24. The fourth-order valence-electron chi connectivity index (χ4n) is 2.10. The van der Waals surface area contributed by atoms with Gasteiger partial charge in [-0.15, -0.1) is 0 Å². The molecule has 0 radical (unpaired) electrons. The lowest BCUT2D eigenvalue weighted by Crippen LogP contribution is -2.11. The van der Waals surface area contributed by atoms with Crippen molar-refractivity contribution >= 4 is 22.7 Å². The van der Waals surface area contributed by atoms with E-state index in [2.05, 4.69) is 4.74 Å². The van der Waals surface area contributed by atoms with E-state index >= 15 is 0 Å². The molecule has 0 atom stereocenters. The molecule has 2 rings (SSSR count). The lowest BCUT2D eigenvalue weighted by molar-refractivity contribution is -0.148. The topological polar surface area (TPSA) is 52.6 Å². The van der Waals surface area contributed by atoms with Crippen LogP contribution in [-0.4, -0.2) is 19.0 Å². The van der Waals surface area contributed by atoms with Crippen LogP contribution in [0.25, 0.3) is 10.8 Å². The quantitative estimate of drug-likeness (QED) is 0.492. The number of allylic oxidation sites excluding steroid dienone is 1. The van der Waals surface area contributed by atoms with Crippen LogP contribution in [0.4, 0.5) is 0 Å². The number of hydrogen-bond donors (Lipinski definition) is 0. The Hall–Kier alpha value is -2.62. The van der Waals surface area contributed by atoms with Gasteiger partial charge in [0.1, 0.15) is 0 Å². The summed E-state index contributed by atoms with van der Waals surface area (Å²) in [5.74, 6) is -1.30. The first-order chi connectivity index (χ1) is 10.1. The van der Waals surface area contributed by atoms with Crippen LogP contribution < -0.4 is 0 Å². The third-order valence-electron chi connectivity index (χ3n) is 3.03. The smallest absolute Gasteiger partial charge is 0.373 e. The van der Waals surface area contributed by atoms with Gasteiger partial charge in [0.25, 0.3) is 0 Å². The van der Waals surface area contributed by atoms with Gasteiger partial charge in [-0.1, -0.05) is 42.5 Å². The number of carbonyl (C=O) groups excluding carboxylic acids is 2. The van der Waals surface area contributed by atoms with E-state index < -0.39 is 11.9 Å². The van der Waals surface area contributed by atoms with E-state index in [1.54, 1.807) is 6.08 Å². The summed E-state index contributed by atoms with van der Waals surface area (Å²) >= 11 is 0. The number of benzene rings is 2. The molecule has 4 nitrogen and oxygen atoms in total. The minimum atomic E-state index is -0.662. The molecule has 21 heavy (non-hydrogen) atoms. The molecular weight excluding hydrogens is 268 g/mol. The Morgan fingerprint density at radius 3 is 2.52 bits per heavy atom. The van der Waals surface area contributed by atoms with Crippen molar-refractivity contribution < 1.29 is 19.1 Å². The van der Waals surface area contributed by atoms with Crippen LogP contribution >= 0.6 is 0 Å². The maximum atomic E-state index is 11.6. The SMILES string of the molecule is COC(=O)C(=CCc1cccc2ccccc12)OC(C)=O. The van der Waals surface area contributed by atoms with Crippen molar-refractivity contribution in [3.05, 3.63) is 59.9 Å². The lowest BCUT2D eigenvalue weighted by atomic mass is 10.0. The van der Waals surface area contributed by atoms with Crippen molar-refractivity contribution in [1.82, 2.24) is 0 Å². The van der Waals surface area contributed by atoms with Gasteiger partial charge in [-0.05, 0) is 28.8 Å². The van der Waals surface area contributed by atoms with E-state index in [9.17, 15) is 9.59 Å². The van der Waals surface area contributed by atoms with E-state index in [1.807, 2.05) is 42.5 Å². The summed E-state index contributed by atoms with van der Waals surface area (Å²) in [4.78, 5) is 22.6. The van der Waals surface area contributed by atoms with Gasteiger partial charge in [0.05, 0.1) is 7.11 Å². The summed E-state index contributed by atoms with van der Waals surface area (Å²) in [6, 6.07) is 13.9. The molecule has 0 bridgehead atoms. The third kappa shape index (κ3) is 3.69. The largest absolute Gasteiger partial charge is 0.463 e. The molecule has 0 amide bonds. The Kier molecular flexibility index (Phi) is 4.72. The highest BCUT2D eigenvalue weighted by molar-refractivity contribution is 5.89. The summed E-state index contributed by atoms with van der Waals surface area (Å²) in [5.41, 5.74) is 1.04. The summed E-state index contributed by atoms with van der Waals surface area (Å²) in [7, 11) is 1.25. The molecule has 0 aromatic heterocycles. The van der Waals surface area contributed by atoms with Crippen LogP contribution in [0, 0.1) is 0 Å². The molecule has 0 heterocycles. The summed E-state index contributed by atoms with van der Waals surface area (Å²) in [6.07, 6.45) is 2.04. The van der Waals surface area contributed by atoms with Crippen LogP contribution in [0.15, 0.2) is 54.3 Å². The monoisotopic (exact) mass is 284 g/mol. The number of carbonyl (C=O) groups is 2. The van der Waals surface area contributed by atoms with Crippen molar-refractivity contribution in [3.8, 4) is 0 Å². The Morgan fingerprint density at radius 2 is 1.81 bits per heavy atom. The molecule has 0 unspecified atom stereocenters. The molecule has 2 aromatic rings. The second-order valence-corrected chi connectivity index (χ2v) is 4.50. The Morgan fingerprint density at radius 1 is 1.10 bits per heavy atom. The fraction of sp³-hybridized carbons (Fsp3) is 0.176. The van der Waals surface area contributed by atoms with Crippen LogP contribution in [-0.2, 0) is 25.5 Å².